The van der Waals surface area contributed by atoms with E-state index in [9.17, 15) is 4.79 Å². The highest BCUT2D eigenvalue weighted by atomic mass is 32.2. The molecule has 22 heavy (non-hydrogen) atoms. The highest BCUT2D eigenvalue weighted by Crippen LogP contribution is 2.26. The minimum absolute atomic E-state index is 0.132. The van der Waals surface area contributed by atoms with Crippen molar-refractivity contribution in [3.8, 4) is 0 Å². The Morgan fingerprint density at radius 2 is 1.86 bits per heavy atom. The van der Waals surface area contributed by atoms with Gasteiger partial charge in [-0.1, -0.05) is 57.7 Å². The number of aromatic amines is 1. The molecular weight excluding hydrogens is 296 g/mol. The minimum atomic E-state index is -0.138. The van der Waals surface area contributed by atoms with Crippen molar-refractivity contribution in [2.45, 2.75) is 82.2 Å². The van der Waals surface area contributed by atoms with E-state index in [2.05, 4.69) is 34.3 Å². The molecule has 5 nitrogen and oxygen atoms in total. The number of amides is 1. The highest BCUT2D eigenvalue weighted by molar-refractivity contribution is 8.00. The lowest BCUT2D eigenvalue weighted by Crippen LogP contribution is -2.42. The van der Waals surface area contributed by atoms with Crippen LogP contribution < -0.4 is 5.32 Å². The normalized spacial score (nSPS) is 18.7. The van der Waals surface area contributed by atoms with Crippen LogP contribution in [0.5, 0.6) is 0 Å². The van der Waals surface area contributed by atoms with E-state index in [0.29, 0.717) is 11.2 Å². The van der Waals surface area contributed by atoms with Crippen molar-refractivity contribution in [3.63, 3.8) is 0 Å². The van der Waals surface area contributed by atoms with E-state index < -0.39 is 0 Å². The van der Waals surface area contributed by atoms with Gasteiger partial charge in [0, 0.05) is 6.04 Å². The van der Waals surface area contributed by atoms with Crippen LogP contribution in [0.2, 0.25) is 0 Å². The first-order chi connectivity index (χ1) is 10.6. The Bertz CT molecular complexity index is 466. The fraction of sp³-hybridized carbons (Fsp3) is 0.812. The quantitative estimate of drug-likeness (QED) is 0.814. The third-order valence-electron chi connectivity index (χ3n) is 4.12. The second-order valence-corrected chi connectivity index (χ2v) is 7.65. The molecule has 0 aromatic carbocycles. The molecule has 0 bridgehead atoms. The van der Waals surface area contributed by atoms with Gasteiger partial charge in [0.1, 0.15) is 5.82 Å². The van der Waals surface area contributed by atoms with Crippen molar-refractivity contribution in [2.24, 2.45) is 5.92 Å². The molecule has 1 aliphatic carbocycles. The van der Waals surface area contributed by atoms with Gasteiger partial charge in [-0.15, -0.1) is 5.10 Å². The number of nitrogens with zero attached hydrogens (tertiary/aromatic N) is 2. The van der Waals surface area contributed by atoms with Crippen LogP contribution in [0.25, 0.3) is 0 Å². The monoisotopic (exact) mass is 324 g/mol. The maximum atomic E-state index is 12.7. The van der Waals surface area contributed by atoms with Crippen molar-refractivity contribution in [1.29, 1.82) is 0 Å². The lowest BCUT2D eigenvalue weighted by atomic mass is 9.96. The molecule has 1 aromatic heterocycles. The summed E-state index contributed by atoms with van der Waals surface area (Å²) < 4.78 is 0. The molecule has 1 saturated carbocycles. The Morgan fingerprint density at radius 3 is 2.41 bits per heavy atom. The molecular formula is C16H28N4OS. The molecule has 0 unspecified atom stereocenters. The maximum Gasteiger partial charge on any atom is 0.234 e. The van der Waals surface area contributed by atoms with Crippen LogP contribution in [0.3, 0.4) is 0 Å². The van der Waals surface area contributed by atoms with Crippen LogP contribution in [-0.4, -0.2) is 32.4 Å². The van der Waals surface area contributed by atoms with E-state index in [1.807, 2.05) is 6.92 Å². The Labute approximate surface area is 137 Å². The molecule has 2 N–H and O–H groups in total. The first-order valence-electron chi connectivity index (χ1n) is 8.42. The van der Waals surface area contributed by atoms with Gasteiger partial charge in [-0.2, -0.15) is 0 Å². The van der Waals surface area contributed by atoms with E-state index in [1.54, 1.807) is 0 Å². The number of nitrogens with one attached hydrogen (secondary N) is 2. The molecule has 2 rings (SSSR count). The predicted molar refractivity (Wildman–Crippen MR) is 89.9 cm³/mol. The lowest BCUT2D eigenvalue weighted by Gasteiger charge is -2.25. The maximum absolute atomic E-state index is 12.7. The number of H-pyrrole nitrogens is 1. The second-order valence-electron chi connectivity index (χ2n) is 6.54. The molecule has 1 fully saturated rings. The Hall–Kier alpha value is -1.04. The number of carbonyl (C=O) groups excluding carboxylic acids is 1. The summed E-state index contributed by atoms with van der Waals surface area (Å²) in [6.07, 6.45) is 8.61. The van der Waals surface area contributed by atoms with Crippen molar-refractivity contribution in [3.05, 3.63) is 5.82 Å². The van der Waals surface area contributed by atoms with Crippen molar-refractivity contribution < 1.29 is 4.79 Å². The number of hydrogen-bond donors (Lipinski definition) is 2. The lowest BCUT2D eigenvalue weighted by molar-refractivity contribution is -0.122. The first kappa shape index (κ1) is 17.3. The SMILES string of the molecule is Cc1nc(S[C@@H](C(=O)NC2CCCCCCC2)C(C)C)n[nH]1. The van der Waals surface area contributed by atoms with Gasteiger partial charge in [0.25, 0.3) is 0 Å². The third-order valence-corrected chi connectivity index (χ3v) is 5.53. The van der Waals surface area contributed by atoms with Crippen LogP contribution in [0, 0.1) is 12.8 Å². The third kappa shape index (κ3) is 5.30. The van der Waals surface area contributed by atoms with E-state index >= 15 is 0 Å². The van der Waals surface area contributed by atoms with Crippen LogP contribution in [0.1, 0.15) is 64.6 Å². The van der Waals surface area contributed by atoms with Gasteiger partial charge in [0.2, 0.25) is 11.1 Å². The summed E-state index contributed by atoms with van der Waals surface area (Å²) in [7, 11) is 0. The van der Waals surface area contributed by atoms with Gasteiger partial charge in [-0.05, 0) is 25.7 Å². The van der Waals surface area contributed by atoms with E-state index in [-0.39, 0.29) is 17.1 Å². The summed E-state index contributed by atoms with van der Waals surface area (Å²) in [6.45, 7) is 6.03. The molecule has 0 spiro atoms. The van der Waals surface area contributed by atoms with Crippen LogP contribution >= 0.6 is 11.8 Å². The Kier molecular flexibility index (Phi) is 6.73. The summed E-state index contributed by atoms with van der Waals surface area (Å²) >= 11 is 1.46. The predicted octanol–water partition coefficient (Wildman–Crippen LogP) is 3.46. The zero-order valence-electron chi connectivity index (χ0n) is 13.9. The van der Waals surface area contributed by atoms with E-state index in [4.69, 9.17) is 0 Å². The molecule has 1 amide bonds. The molecule has 1 aliphatic rings. The van der Waals surface area contributed by atoms with Gasteiger partial charge in [0.05, 0.1) is 5.25 Å². The average molecular weight is 324 g/mol. The molecule has 1 aromatic rings. The smallest absolute Gasteiger partial charge is 0.234 e. The number of hydrogen-bond acceptors (Lipinski definition) is 4. The number of aryl methyl sites for hydroxylation is 1. The summed E-state index contributed by atoms with van der Waals surface area (Å²) in [4.78, 5) is 17.0. The standard InChI is InChI=1S/C16H28N4OS/c1-11(2)14(22-16-17-12(3)19-20-16)15(21)18-13-9-7-5-4-6-8-10-13/h11,13-14H,4-10H2,1-3H3,(H,18,21)(H,17,19,20)/t14-/m1/s1. The number of rotatable bonds is 5. The Morgan fingerprint density at radius 1 is 1.23 bits per heavy atom. The van der Waals surface area contributed by atoms with E-state index in [0.717, 1.165) is 18.7 Å². The van der Waals surface area contributed by atoms with E-state index in [1.165, 1.54) is 43.9 Å². The summed E-state index contributed by atoms with van der Waals surface area (Å²) in [5.41, 5.74) is 0. The minimum Gasteiger partial charge on any atom is -0.352 e. The average Bonchev–Trinajstić information content (AvgIpc) is 2.84. The molecule has 0 aliphatic heterocycles. The summed E-state index contributed by atoms with van der Waals surface area (Å²) in [6, 6.07) is 0.337. The van der Waals surface area contributed by atoms with Crippen LogP contribution in [0.4, 0.5) is 0 Å². The van der Waals surface area contributed by atoms with Gasteiger partial charge in [-0.25, -0.2) is 4.98 Å². The second kappa shape index (κ2) is 8.56. The fourth-order valence-electron chi connectivity index (χ4n) is 2.86. The van der Waals surface area contributed by atoms with Crippen molar-refractivity contribution >= 4 is 17.7 Å². The number of thioether (sulfide) groups is 1. The van der Waals surface area contributed by atoms with Gasteiger partial charge < -0.3 is 5.32 Å². The molecule has 6 heteroatoms. The topological polar surface area (TPSA) is 70.7 Å². The van der Waals surface area contributed by atoms with Crippen molar-refractivity contribution in [1.82, 2.24) is 20.5 Å². The fourth-order valence-corrected chi connectivity index (χ4v) is 3.83. The zero-order chi connectivity index (χ0) is 15.9. The van der Waals surface area contributed by atoms with Gasteiger partial charge in [-0.3, -0.25) is 9.89 Å². The Balaban J connectivity index is 1.93. The number of aromatic nitrogens is 3. The van der Waals surface area contributed by atoms with Crippen LogP contribution in [0.15, 0.2) is 5.16 Å². The molecule has 1 atom stereocenters. The van der Waals surface area contributed by atoms with Gasteiger partial charge in [0.15, 0.2) is 0 Å². The van der Waals surface area contributed by atoms with Crippen LogP contribution in [-0.2, 0) is 4.79 Å². The molecule has 0 radical (unpaired) electrons. The molecule has 124 valence electrons. The molecule has 0 saturated heterocycles. The first-order valence-corrected chi connectivity index (χ1v) is 9.30. The summed E-state index contributed by atoms with van der Waals surface area (Å²) in [5, 5.41) is 10.8. The largest absolute Gasteiger partial charge is 0.352 e. The number of carbonyl (C=O) groups is 1. The zero-order valence-corrected chi connectivity index (χ0v) is 14.7. The highest BCUT2D eigenvalue weighted by Gasteiger charge is 2.27. The molecule has 1 heterocycles. The van der Waals surface area contributed by atoms with Gasteiger partial charge >= 0.3 is 0 Å². The summed E-state index contributed by atoms with van der Waals surface area (Å²) in [5.74, 6) is 1.16. The van der Waals surface area contributed by atoms with Crippen molar-refractivity contribution in [2.75, 3.05) is 0 Å².